The predicted octanol–water partition coefficient (Wildman–Crippen LogP) is 1.04. The number of nitrogens with one attached hydrogen (secondary N) is 1. The Morgan fingerprint density at radius 2 is 2.05 bits per heavy atom. The number of nitrogens with zero attached hydrogens (tertiary/aromatic N) is 1. The number of aliphatic hydroxyl groups is 1. The molecule has 0 aliphatic rings. The average Bonchev–Trinajstić information content (AvgIpc) is 2.82. The molecule has 1 atom stereocenters. The molecule has 8 heteroatoms. The highest BCUT2D eigenvalue weighted by atomic mass is 32.2. The summed E-state index contributed by atoms with van der Waals surface area (Å²) in [6.07, 6.45) is 2.50. The molecule has 0 aliphatic carbocycles. The number of carbonyl (C=O) groups is 1. The van der Waals surface area contributed by atoms with E-state index >= 15 is 0 Å². The summed E-state index contributed by atoms with van der Waals surface area (Å²) >= 11 is 0. The number of rotatable bonds is 9. The van der Waals surface area contributed by atoms with Crippen LogP contribution in [0.2, 0.25) is 0 Å². The van der Waals surface area contributed by atoms with Gasteiger partial charge in [-0.05, 0) is 18.9 Å². The molecular weight excluding hydrogens is 296 g/mol. The van der Waals surface area contributed by atoms with E-state index in [0.29, 0.717) is 19.4 Å². The first-order valence-corrected chi connectivity index (χ1v) is 8.41. The van der Waals surface area contributed by atoms with Gasteiger partial charge < -0.3 is 14.8 Å². The molecule has 1 aromatic rings. The summed E-state index contributed by atoms with van der Waals surface area (Å²) in [6.45, 7) is 4.11. The molecule has 0 amide bonds. The van der Waals surface area contributed by atoms with Crippen molar-refractivity contribution in [3.63, 3.8) is 0 Å². The fourth-order valence-corrected chi connectivity index (χ4v) is 3.07. The molecule has 0 aliphatic heterocycles. The fraction of sp³-hybridized carbons (Fsp3) is 0.615. The number of hydrogen-bond donors (Lipinski definition) is 3. The van der Waals surface area contributed by atoms with Crippen LogP contribution in [0.4, 0.5) is 0 Å². The zero-order chi connectivity index (χ0) is 16.0. The first kappa shape index (κ1) is 17.7. The average molecular weight is 318 g/mol. The van der Waals surface area contributed by atoms with E-state index in [9.17, 15) is 18.3 Å². The summed E-state index contributed by atoms with van der Waals surface area (Å²) < 4.78 is 27.9. The van der Waals surface area contributed by atoms with Crippen LogP contribution in [0.1, 0.15) is 43.6 Å². The Labute approximate surface area is 124 Å². The number of sulfonamides is 1. The summed E-state index contributed by atoms with van der Waals surface area (Å²) in [5.74, 6) is -1.17. The van der Waals surface area contributed by atoms with Crippen molar-refractivity contribution in [1.29, 1.82) is 0 Å². The van der Waals surface area contributed by atoms with Crippen molar-refractivity contribution in [3.05, 3.63) is 18.0 Å². The van der Waals surface area contributed by atoms with Crippen LogP contribution < -0.4 is 4.72 Å². The van der Waals surface area contributed by atoms with Gasteiger partial charge in [0.15, 0.2) is 0 Å². The lowest BCUT2D eigenvalue weighted by atomic mass is 10.2. The van der Waals surface area contributed by atoms with Gasteiger partial charge in [-0.2, -0.15) is 0 Å². The van der Waals surface area contributed by atoms with Crippen LogP contribution in [0.25, 0.3) is 0 Å². The maximum absolute atomic E-state index is 12.1. The van der Waals surface area contributed by atoms with Crippen molar-refractivity contribution >= 4 is 16.0 Å². The molecule has 1 rings (SSSR count). The first-order valence-electron chi connectivity index (χ1n) is 6.93. The fourth-order valence-electron chi connectivity index (χ4n) is 1.96. The van der Waals surface area contributed by atoms with E-state index < -0.39 is 22.1 Å². The van der Waals surface area contributed by atoms with Crippen molar-refractivity contribution in [1.82, 2.24) is 9.29 Å². The minimum atomic E-state index is -3.82. The molecular formula is C13H22N2O5S. The Balaban J connectivity index is 2.93. The standard InChI is InChI=1S/C13H22N2O5S/c1-3-5-10(16)8-14-21(19,20)11-7-12(13(17)18)15(9-11)6-4-2/h7,9-10,14,16H,3-6,8H2,1-2H3,(H,17,18). The maximum Gasteiger partial charge on any atom is 0.352 e. The Bertz CT molecular complexity index is 579. The molecule has 0 radical (unpaired) electrons. The third-order valence-corrected chi connectivity index (χ3v) is 4.39. The Hall–Kier alpha value is -1.38. The van der Waals surface area contributed by atoms with Crippen LogP contribution in [0, 0.1) is 0 Å². The van der Waals surface area contributed by atoms with E-state index in [1.54, 1.807) is 0 Å². The van der Waals surface area contributed by atoms with Gasteiger partial charge >= 0.3 is 5.97 Å². The minimum Gasteiger partial charge on any atom is -0.477 e. The van der Waals surface area contributed by atoms with Crippen molar-refractivity contribution in [3.8, 4) is 0 Å². The normalized spacial score (nSPS) is 13.3. The summed E-state index contributed by atoms with van der Waals surface area (Å²) in [5, 5.41) is 18.6. The van der Waals surface area contributed by atoms with Gasteiger partial charge in [0.05, 0.1) is 6.10 Å². The third-order valence-electron chi connectivity index (χ3n) is 3.00. The van der Waals surface area contributed by atoms with Gasteiger partial charge in [-0.1, -0.05) is 20.3 Å². The van der Waals surface area contributed by atoms with Gasteiger partial charge in [0.2, 0.25) is 10.0 Å². The van der Waals surface area contributed by atoms with Crippen LogP contribution in [0.3, 0.4) is 0 Å². The van der Waals surface area contributed by atoms with E-state index in [1.165, 1.54) is 10.8 Å². The lowest BCUT2D eigenvalue weighted by molar-refractivity contribution is 0.0685. The molecule has 0 spiro atoms. The summed E-state index contributed by atoms with van der Waals surface area (Å²) in [4.78, 5) is 11.0. The minimum absolute atomic E-state index is 0.0636. The second-order valence-electron chi connectivity index (χ2n) is 4.85. The number of aromatic carboxylic acids is 1. The zero-order valence-electron chi connectivity index (χ0n) is 12.2. The molecule has 1 unspecified atom stereocenters. The van der Waals surface area contributed by atoms with Gasteiger partial charge in [0, 0.05) is 19.3 Å². The quantitative estimate of drug-likeness (QED) is 0.630. The van der Waals surface area contributed by atoms with Crippen LogP contribution in [-0.4, -0.2) is 41.8 Å². The zero-order valence-corrected chi connectivity index (χ0v) is 13.1. The highest BCUT2D eigenvalue weighted by Crippen LogP contribution is 2.15. The van der Waals surface area contributed by atoms with E-state index in [1.807, 2.05) is 13.8 Å². The Kier molecular flexibility index (Phi) is 6.38. The molecule has 1 heterocycles. The molecule has 120 valence electrons. The molecule has 3 N–H and O–H groups in total. The van der Waals surface area contributed by atoms with Crippen LogP contribution in [0.5, 0.6) is 0 Å². The monoisotopic (exact) mass is 318 g/mol. The summed E-state index contributed by atoms with van der Waals surface area (Å²) in [7, 11) is -3.82. The van der Waals surface area contributed by atoms with Gasteiger partial charge in [-0.3, -0.25) is 0 Å². The number of carboxylic acids is 1. The number of aromatic nitrogens is 1. The highest BCUT2D eigenvalue weighted by molar-refractivity contribution is 7.89. The lowest BCUT2D eigenvalue weighted by Gasteiger charge is -2.10. The second-order valence-corrected chi connectivity index (χ2v) is 6.62. The molecule has 0 aromatic carbocycles. The number of aliphatic hydroxyl groups excluding tert-OH is 1. The van der Waals surface area contributed by atoms with Gasteiger partial charge in [0.25, 0.3) is 0 Å². The van der Waals surface area contributed by atoms with E-state index in [0.717, 1.165) is 12.5 Å². The molecule has 0 bridgehead atoms. The molecule has 0 fully saturated rings. The molecule has 7 nitrogen and oxygen atoms in total. The number of carboxylic acid groups (broad SMARTS) is 1. The second kappa shape index (κ2) is 7.58. The van der Waals surface area contributed by atoms with Crippen LogP contribution in [0.15, 0.2) is 17.2 Å². The van der Waals surface area contributed by atoms with Crippen molar-refractivity contribution in [2.45, 2.75) is 50.7 Å². The molecule has 0 saturated heterocycles. The van der Waals surface area contributed by atoms with Crippen molar-refractivity contribution in [2.24, 2.45) is 0 Å². The third kappa shape index (κ3) is 4.83. The molecule has 21 heavy (non-hydrogen) atoms. The predicted molar refractivity (Wildman–Crippen MR) is 77.8 cm³/mol. The largest absolute Gasteiger partial charge is 0.477 e. The topological polar surface area (TPSA) is 109 Å². The summed E-state index contributed by atoms with van der Waals surface area (Å²) in [6, 6.07) is 1.13. The molecule has 1 aromatic heterocycles. The van der Waals surface area contributed by atoms with Gasteiger partial charge in [-0.15, -0.1) is 0 Å². The lowest BCUT2D eigenvalue weighted by Crippen LogP contribution is -2.31. The maximum atomic E-state index is 12.1. The first-order chi connectivity index (χ1) is 9.81. The Morgan fingerprint density at radius 3 is 2.57 bits per heavy atom. The highest BCUT2D eigenvalue weighted by Gasteiger charge is 2.21. The van der Waals surface area contributed by atoms with Gasteiger partial charge in [-0.25, -0.2) is 17.9 Å². The van der Waals surface area contributed by atoms with Crippen molar-refractivity contribution in [2.75, 3.05) is 6.54 Å². The van der Waals surface area contributed by atoms with Gasteiger partial charge in [0.1, 0.15) is 10.6 Å². The SMILES string of the molecule is CCCC(O)CNS(=O)(=O)c1cc(C(=O)O)n(CCC)c1. The number of hydrogen-bond acceptors (Lipinski definition) is 4. The smallest absolute Gasteiger partial charge is 0.352 e. The summed E-state index contributed by atoms with van der Waals surface area (Å²) in [5.41, 5.74) is -0.0636. The van der Waals surface area contributed by atoms with Crippen molar-refractivity contribution < 1.29 is 23.4 Å². The van der Waals surface area contributed by atoms with Crippen LogP contribution >= 0.6 is 0 Å². The van der Waals surface area contributed by atoms with Crippen LogP contribution in [-0.2, 0) is 16.6 Å². The molecule has 0 saturated carbocycles. The van der Waals surface area contributed by atoms with E-state index in [-0.39, 0.29) is 17.1 Å². The van der Waals surface area contributed by atoms with E-state index in [4.69, 9.17) is 5.11 Å². The van der Waals surface area contributed by atoms with E-state index in [2.05, 4.69) is 4.72 Å². The Morgan fingerprint density at radius 1 is 1.38 bits per heavy atom. The number of aryl methyl sites for hydroxylation is 1.